The topological polar surface area (TPSA) is 13.1 Å². The molecule has 49 valence electrons. The van der Waals surface area contributed by atoms with E-state index in [1.165, 1.54) is 0 Å². The molecule has 0 aliphatic carbocycles. The van der Waals surface area contributed by atoms with E-state index >= 15 is 0 Å². The summed E-state index contributed by atoms with van der Waals surface area (Å²) in [5.74, 6) is -0.327. The van der Waals surface area contributed by atoms with Gasteiger partial charge in [-0.25, -0.2) is 4.39 Å². The van der Waals surface area contributed by atoms with Crippen molar-refractivity contribution in [1.29, 1.82) is 0 Å². The lowest BCUT2D eigenvalue weighted by Gasteiger charge is -1.82. The molecule has 2 heteroatoms. The number of halogens is 1. The van der Waals surface area contributed by atoms with Crippen LogP contribution in [0.4, 0.5) is 4.39 Å². The van der Waals surface area contributed by atoms with Gasteiger partial charge in [0.2, 0.25) is 0 Å². The zero-order valence-electron chi connectivity index (χ0n) is 5.10. The number of fused-ring (bicyclic) bond motifs is 1. The van der Waals surface area contributed by atoms with E-state index in [1.807, 2.05) is 0 Å². The standard InChI is InChI=1S/C8H4FO/c9-7-5-10-8-4-2-1-3-6(7)8/h2-5H. The second kappa shape index (κ2) is 1.84. The first-order valence-electron chi connectivity index (χ1n) is 2.91. The monoisotopic (exact) mass is 135 g/mol. The van der Waals surface area contributed by atoms with E-state index < -0.39 is 0 Å². The van der Waals surface area contributed by atoms with Crippen LogP contribution in [0.15, 0.2) is 28.9 Å². The third kappa shape index (κ3) is 0.620. The molecule has 0 fully saturated rings. The van der Waals surface area contributed by atoms with Gasteiger partial charge in [-0.15, -0.1) is 0 Å². The average molecular weight is 135 g/mol. The maximum atomic E-state index is 12.6. The molecule has 0 aliphatic heterocycles. The van der Waals surface area contributed by atoms with Gasteiger partial charge in [-0.1, -0.05) is 6.07 Å². The van der Waals surface area contributed by atoms with Gasteiger partial charge < -0.3 is 4.42 Å². The summed E-state index contributed by atoms with van der Waals surface area (Å²) in [6.07, 6.45) is 1.10. The molecule has 0 saturated heterocycles. The predicted octanol–water partition coefficient (Wildman–Crippen LogP) is 2.37. The molecule has 0 amide bonds. The van der Waals surface area contributed by atoms with Gasteiger partial charge in [0.05, 0.1) is 5.39 Å². The van der Waals surface area contributed by atoms with E-state index in [-0.39, 0.29) is 5.82 Å². The first kappa shape index (κ1) is 5.47. The fourth-order valence-electron chi connectivity index (χ4n) is 0.884. The van der Waals surface area contributed by atoms with Gasteiger partial charge in [0.1, 0.15) is 11.8 Å². The largest absolute Gasteiger partial charge is 0.461 e. The molecule has 0 atom stereocenters. The van der Waals surface area contributed by atoms with Gasteiger partial charge in [0.25, 0.3) is 0 Å². The summed E-state index contributed by atoms with van der Waals surface area (Å²) >= 11 is 0. The molecule has 0 N–H and O–H groups in total. The Balaban J connectivity index is 2.93. The Morgan fingerprint density at radius 2 is 2.40 bits per heavy atom. The Hall–Kier alpha value is -1.31. The van der Waals surface area contributed by atoms with Crippen LogP contribution in [0, 0.1) is 11.9 Å². The third-order valence-electron chi connectivity index (χ3n) is 1.37. The second-order valence-corrected chi connectivity index (χ2v) is 2.01. The van der Waals surface area contributed by atoms with Gasteiger partial charge in [-0.05, 0) is 18.2 Å². The molecule has 0 bridgehead atoms. The van der Waals surface area contributed by atoms with E-state index in [9.17, 15) is 4.39 Å². The fraction of sp³-hybridized carbons (Fsp3) is 0. The SMILES string of the molecule is Fc1coc2cc[c]cc12. The molecule has 0 aliphatic rings. The summed E-state index contributed by atoms with van der Waals surface area (Å²) in [5, 5.41) is 0.488. The van der Waals surface area contributed by atoms with E-state index in [0.717, 1.165) is 6.26 Å². The Morgan fingerprint density at radius 3 is 3.20 bits per heavy atom. The van der Waals surface area contributed by atoms with Crippen molar-refractivity contribution in [2.75, 3.05) is 0 Å². The molecular weight excluding hydrogens is 131 g/mol. The Morgan fingerprint density at radius 1 is 1.50 bits per heavy atom. The number of rotatable bonds is 0. The molecule has 1 aromatic heterocycles. The summed E-state index contributed by atoms with van der Waals surface area (Å²) in [6.45, 7) is 0. The van der Waals surface area contributed by atoms with Gasteiger partial charge in [-0.2, -0.15) is 0 Å². The smallest absolute Gasteiger partial charge is 0.169 e. The molecule has 0 saturated carbocycles. The molecule has 0 unspecified atom stereocenters. The van der Waals surface area contributed by atoms with Crippen molar-refractivity contribution in [3.63, 3.8) is 0 Å². The Kier molecular flexibility index (Phi) is 1.01. The summed E-state index contributed by atoms with van der Waals surface area (Å²) in [5.41, 5.74) is 0.566. The summed E-state index contributed by atoms with van der Waals surface area (Å²) in [7, 11) is 0. The van der Waals surface area contributed by atoms with Crippen molar-refractivity contribution in [3.8, 4) is 0 Å². The van der Waals surface area contributed by atoms with Crippen LogP contribution in [-0.2, 0) is 0 Å². The Labute approximate surface area is 57.1 Å². The quantitative estimate of drug-likeness (QED) is 0.540. The van der Waals surface area contributed by atoms with Crippen LogP contribution >= 0.6 is 0 Å². The molecule has 10 heavy (non-hydrogen) atoms. The van der Waals surface area contributed by atoms with Crippen LogP contribution in [0.2, 0.25) is 0 Å². The highest BCUT2D eigenvalue weighted by Gasteiger charge is 2.01. The first-order valence-corrected chi connectivity index (χ1v) is 2.91. The number of benzene rings is 1. The van der Waals surface area contributed by atoms with Gasteiger partial charge >= 0.3 is 0 Å². The van der Waals surface area contributed by atoms with E-state index in [0.29, 0.717) is 11.0 Å². The zero-order valence-corrected chi connectivity index (χ0v) is 5.10. The van der Waals surface area contributed by atoms with Crippen LogP contribution in [0.25, 0.3) is 11.0 Å². The van der Waals surface area contributed by atoms with Gasteiger partial charge in [0, 0.05) is 0 Å². The molecule has 2 rings (SSSR count). The van der Waals surface area contributed by atoms with Crippen molar-refractivity contribution in [1.82, 2.24) is 0 Å². The molecular formula is C8H4FO. The molecule has 2 aromatic rings. The van der Waals surface area contributed by atoms with Gasteiger partial charge in [-0.3, -0.25) is 0 Å². The molecule has 1 radical (unpaired) electrons. The van der Waals surface area contributed by atoms with Crippen molar-refractivity contribution in [2.45, 2.75) is 0 Å². The molecule has 1 heterocycles. The van der Waals surface area contributed by atoms with Crippen LogP contribution in [0.5, 0.6) is 0 Å². The first-order chi connectivity index (χ1) is 4.88. The number of hydrogen-bond donors (Lipinski definition) is 0. The van der Waals surface area contributed by atoms with Crippen LogP contribution in [-0.4, -0.2) is 0 Å². The van der Waals surface area contributed by atoms with E-state index in [1.54, 1.807) is 18.2 Å². The zero-order chi connectivity index (χ0) is 6.97. The number of furan rings is 1. The summed E-state index contributed by atoms with van der Waals surface area (Å²) < 4.78 is 17.5. The third-order valence-corrected chi connectivity index (χ3v) is 1.37. The van der Waals surface area contributed by atoms with Crippen LogP contribution in [0.3, 0.4) is 0 Å². The second-order valence-electron chi connectivity index (χ2n) is 2.01. The van der Waals surface area contributed by atoms with Crippen molar-refractivity contribution in [3.05, 3.63) is 36.3 Å². The minimum absolute atomic E-state index is 0.327. The van der Waals surface area contributed by atoms with Gasteiger partial charge in [0.15, 0.2) is 5.82 Å². The average Bonchev–Trinajstić information content (AvgIpc) is 2.34. The van der Waals surface area contributed by atoms with E-state index in [4.69, 9.17) is 4.42 Å². The lowest BCUT2D eigenvalue weighted by Crippen LogP contribution is -1.65. The molecule has 1 nitrogen and oxygen atoms in total. The van der Waals surface area contributed by atoms with Crippen LogP contribution < -0.4 is 0 Å². The van der Waals surface area contributed by atoms with Crippen molar-refractivity contribution in [2.24, 2.45) is 0 Å². The lowest BCUT2D eigenvalue weighted by atomic mass is 10.2. The lowest BCUT2D eigenvalue weighted by molar-refractivity contribution is 0.558. The van der Waals surface area contributed by atoms with Crippen LogP contribution in [0.1, 0.15) is 0 Å². The minimum Gasteiger partial charge on any atom is -0.461 e. The molecule has 0 spiro atoms. The maximum absolute atomic E-state index is 12.6. The van der Waals surface area contributed by atoms with Crippen molar-refractivity contribution >= 4 is 11.0 Å². The Bertz CT molecular complexity index is 351. The maximum Gasteiger partial charge on any atom is 0.169 e. The van der Waals surface area contributed by atoms with Crippen molar-refractivity contribution < 1.29 is 8.81 Å². The summed E-state index contributed by atoms with van der Waals surface area (Å²) in [4.78, 5) is 0. The molecule has 1 aromatic carbocycles. The highest BCUT2D eigenvalue weighted by molar-refractivity contribution is 5.77. The van der Waals surface area contributed by atoms with E-state index in [2.05, 4.69) is 6.07 Å². The highest BCUT2D eigenvalue weighted by Crippen LogP contribution is 2.17. The predicted molar refractivity (Wildman–Crippen MR) is 35.0 cm³/mol. The fourth-order valence-corrected chi connectivity index (χ4v) is 0.884. The minimum atomic E-state index is -0.327. The normalized spacial score (nSPS) is 10.5. The number of hydrogen-bond acceptors (Lipinski definition) is 1. The highest BCUT2D eigenvalue weighted by atomic mass is 19.1. The summed E-state index contributed by atoms with van der Waals surface area (Å²) in [6, 6.07) is 7.69.